The van der Waals surface area contributed by atoms with E-state index in [9.17, 15) is 0 Å². The van der Waals surface area contributed by atoms with Gasteiger partial charge < -0.3 is 18.9 Å². The van der Waals surface area contributed by atoms with Crippen molar-refractivity contribution >= 4 is 16.8 Å². The SMILES string of the molecule is COc1ccc(-c2cc3c(c4cc(OC)c(OC)cc24)C=CC(c2ccccc2)(c2ccccc2)O3)cc1. The first-order valence-corrected chi connectivity index (χ1v) is 12.5. The summed E-state index contributed by atoms with van der Waals surface area (Å²) in [4.78, 5) is 0. The summed E-state index contributed by atoms with van der Waals surface area (Å²) in [6, 6.07) is 35.0. The first-order chi connectivity index (χ1) is 18.7. The summed E-state index contributed by atoms with van der Waals surface area (Å²) in [5.41, 5.74) is 4.44. The minimum Gasteiger partial charge on any atom is -0.497 e. The molecule has 6 rings (SSSR count). The highest BCUT2D eigenvalue weighted by atomic mass is 16.5. The fraction of sp³-hybridized carbons (Fsp3) is 0.118. The van der Waals surface area contributed by atoms with Crippen LogP contribution in [0.4, 0.5) is 0 Å². The summed E-state index contributed by atoms with van der Waals surface area (Å²) in [7, 11) is 4.99. The molecule has 4 heteroatoms. The van der Waals surface area contributed by atoms with Crippen LogP contribution < -0.4 is 18.9 Å². The Kier molecular flexibility index (Phi) is 6.01. The van der Waals surface area contributed by atoms with Crippen molar-refractivity contribution in [1.82, 2.24) is 0 Å². The number of benzene rings is 5. The molecule has 5 aromatic rings. The third kappa shape index (κ3) is 3.86. The van der Waals surface area contributed by atoms with E-state index in [1.54, 1.807) is 21.3 Å². The second-order valence-corrected chi connectivity index (χ2v) is 9.22. The van der Waals surface area contributed by atoms with Gasteiger partial charge in [0.05, 0.1) is 21.3 Å². The van der Waals surface area contributed by atoms with Crippen LogP contribution in [0.25, 0.3) is 28.0 Å². The first-order valence-electron chi connectivity index (χ1n) is 12.5. The van der Waals surface area contributed by atoms with Crippen LogP contribution in [0, 0.1) is 0 Å². The van der Waals surface area contributed by atoms with Crippen molar-refractivity contribution in [3.05, 3.63) is 126 Å². The van der Waals surface area contributed by atoms with Crippen molar-refractivity contribution in [3.8, 4) is 34.1 Å². The molecule has 188 valence electrons. The predicted molar refractivity (Wildman–Crippen MR) is 152 cm³/mol. The predicted octanol–water partition coefficient (Wildman–Crippen LogP) is 7.88. The van der Waals surface area contributed by atoms with E-state index in [1.807, 2.05) is 60.7 Å². The van der Waals surface area contributed by atoms with Crippen molar-refractivity contribution in [3.63, 3.8) is 0 Å². The molecule has 4 nitrogen and oxygen atoms in total. The summed E-state index contributed by atoms with van der Waals surface area (Å²) in [5, 5.41) is 2.07. The number of hydrogen-bond donors (Lipinski definition) is 0. The van der Waals surface area contributed by atoms with Gasteiger partial charge in [-0.15, -0.1) is 0 Å². The quantitative estimate of drug-likeness (QED) is 0.238. The van der Waals surface area contributed by atoms with Crippen molar-refractivity contribution < 1.29 is 18.9 Å². The second kappa shape index (κ2) is 9.64. The average molecular weight is 501 g/mol. The molecule has 0 amide bonds. The topological polar surface area (TPSA) is 36.9 Å². The molecule has 0 aliphatic carbocycles. The van der Waals surface area contributed by atoms with Gasteiger partial charge >= 0.3 is 0 Å². The van der Waals surface area contributed by atoms with Crippen molar-refractivity contribution in [2.45, 2.75) is 5.60 Å². The summed E-state index contributed by atoms with van der Waals surface area (Å²) < 4.78 is 23.8. The van der Waals surface area contributed by atoms with Gasteiger partial charge in [0.25, 0.3) is 0 Å². The van der Waals surface area contributed by atoms with Crippen molar-refractivity contribution in [2.24, 2.45) is 0 Å². The van der Waals surface area contributed by atoms with Crippen LogP contribution in [0.3, 0.4) is 0 Å². The molecule has 1 aliphatic rings. The molecule has 1 heterocycles. The normalized spacial score (nSPS) is 13.4. The van der Waals surface area contributed by atoms with E-state index in [2.05, 4.69) is 54.6 Å². The van der Waals surface area contributed by atoms with Crippen molar-refractivity contribution in [2.75, 3.05) is 21.3 Å². The second-order valence-electron chi connectivity index (χ2n) is 9.22. The van der Waals surface area contributed by atoms with Crippen LogP contribution in [0.2, 0.25) is 0 Å². The molecule has 0 saturated heterocycles. The maximum atomic E-state index is 7.05. The average Bonchev–Trinajstić information content (AvgIpc) is 3.00. The van der Waals surface area contributed by atoms with Gasteiger partial charge in [-0.2, -0.15) is 0 Å². The summed E-state index contributed by atoms with van der Waals surface area (Å²) in [5.74, 6) is 2.95. The van der Waals surface area contributed by atoms with Gasteiger partial charge in [0.2, 0.25) is 0 Å². The van der Waals surface area contributed by atoms with E-state index >= 15 is 0 Å². The lowest BCUT2D eigenvalue weighted by molar-refractivity contribution is 0.161. The zero-order valence-corrected chi connectivity index (χ0v) is 21.6. The number of rotatable bonds is 6. The fourth-order valence-corrected chi connectivity index (χ4v) is 5.27. The van der Waals surface area contributed by atoms with E-state index in [0.29, 0.717) is 11.5 Å². The van der Waals surface area contributed by atoms with Gasteiger partial charge in [-0.05, 0) is 64.4 Å². The van der Waals surface area contributed by atoms with E-state index < -0.39 is 5.60 Å². The highest BCUT2D eigenvalue weighted by Gasteiger charge is 2.37. The Bertz CT molecular complexity index is 1580. The van der Waals surface area contributed by atoms with E-state index in [4.69, 9.17) is 18.9 Å². The molecule has 5 aromatic carbocycles. The van der Waals surface area contributed by atoms with Crippen LogP contribution in [-0.4, -0.2) is 21.3 Å². The highest BCUT2D eigenvalue weighted by Crippen LogP contribution is 2.48. The largest absolute Gasteiger partial charge is 0.497 e. The summed E-state index contributed by atoms with van der Waals surface area (Å²) in [6.07, 6.45) is 4.33. The zero-order chi connectivity index (χ0) is 26.1. The maximum absolute atomic E-state index is 7.05. The number of methoxy groups -OCH3 is 3. The van der Waals surface area contributed by atoms with Crippen LogP contribution in [0.1, 0.15) is 16.7 Å². The number of fused-ring (bicyclic) bond motifs is 3. The van der Waals surface area contributed by atoms with E-state index in [-0.39, 0.29) is 0 Å². The molecule has 0 fully saturated rings. The van der Waals surface area contributed by atoms with E-state index in [1.165, 1.54) is 0 Å². The number of hydrogen-bond acceptors (Lipinski definition) is 4. The van der Waals surface area contributed by atoms with Gasteiger partial charge in [0.1, 0.15) is 11.5 Å². The standard InChI is InChI=1S/C34H28O4/c1-35-26-16-14-23(15-17-26)28-20-31-27(29-21-32(36-2)33(37-3)22-30(28)29)18-19-34(38-31,24-10-6-4-7-11-24)25-12-8-5-9-13-25/h4-22H,1-3H3. The van der Waals surface area contributed by atoms with Crippen molar-refractivity contribution in [1.29, 1.82) is 0 Å². The Balaban J connectivity index is 1.63. The molecule has 0 radical (unpaired) electrons. The summed E-state index contributed by atoms with van der Waals surface area (Å²) >= 11 is 0. The Morgan fingerprint density at radius 1 is 0.605 bits per heavy atom. The van der Waals surface area contributed by atoms with Gasteiger partial charge in [0, 0.05) is 16.7 Å². The molecule has 0 aromatic heterocycles. The lowest BCUT2D eigenvalue weighted by Gasteiger charge is -2.36. The molecule has 0 unspecified atom stereocenters. The molecule has 0 N–H and O–H groups in total. The Labute approximate surface area is 222 Å². The molecule has 0 saturated carbocycles. The molecule has 1 aliphatic heterocycles. The van der Waals surface area contributed by atoms with Gasteiger partial charge in [-0.25, -0.2) is 0 Å². The van der Waals surface area contributed by atoms with E-state index in [0.717, 1.165) is 50.1 Å². The van der Waals surface area contributed by atoms with Crippen LogP contribution in [-0.2, 0) is 5.60 Å². The van der Waals surface area contributed by atoms with Gasteiger partial charge in [-0.3, -0.25) is 0 Å². The molecular weight excluding hydrogens is 472 g/mol. The monoisotopic (exact) mass is 500 g/mol. The lowest BCUT2D eigenvalue weighted by Crippen LogP contribution is -2.34. The Morgan fingerprint density at radius 2 is 1.18 bits per heavy atom. The smallest absolute Gasteiger partial charge is 0.178 e. The van der Waals surface area contributed by atoms with Crippen LogP contribution in [0.15, 0.2) is 109 Å². The Hall–Kier alpha value is -4.70. The third-order valence-electron chi connectivity index (χ3n) is 7.21. The first kappa shape index (κ1) is 23.7. The molecule has 0 bridgehead atoms. The van der Waals surface area contributed by atoms with Gasteiger partial charge in [-0.1, -0.05) is 72.8 Å². The number of ether oxygens (including phenoxy) is 4. The minimum absolute atomic E-state index is 0.672. The maximum Gasteiger partial charge on any atom is 0.178 e. The van der Waals surface area contributed by atoms with Crippen LogP contribution in [0.5, 0.6) is 23.0 Å². The zero-order valence-electron chi connectivity index (χ0n) is 21.6. The summed E-state index contributed by atoms with van der Waals surface area (Å²) in [6.45, 7) is 0. The molecule has 38 heavy (non-hydrogen) atoms. The molecular formula is C34H28O4. The fourth-order valence-electron chi connectivity index (χ4n) is 5.27. The highest BCUT2D eigenvalue weighted by molar-refractivity contribution is 6.05. The van der Waals surface area contributed by atoms with Gasteiger partial charge in [0.15, 0.2) is 17.1 Å². The molecule has 0 spiro atoms. The van der Waals surface area contributed by atoms with Crippen LogP contribution >= 0.6 is 0 Å². The molecule has 0 atom stereocenters. The third-order valence-corrected chi connectivity index (χ3v) is 7.21. The minimum atomic E-state index is -0.767. The lowest BCUT2D eigenvalue weighted by atomic mass is 9.82. The Morgan fingerprint density at radius 3 is 1.74 bits per heavy atom.